The van der Waals surface area contributed by atoms with Crippen LogP contribution in [0.4, 0.5) is 0 Å². The molecular formula is C26H29IN6O. The molecule has 0 atom stereocenters. The number of hydrogen-bond acceptors (Lipinski definition) is 4. The average Bonchev–Trinajstić information content (AvgIpc) is 3.38. The molecule has 1 aromatic heterocycles. The molecule has 0 amide bonds. The van der Waals surface area contributed by atoms with Gasteiger partial charge < -0.3 is 15.4 Å². The van der Waals surface area contributed by atoms with Crippen LogP contribution < -0.4 is 15.4 Å². The van der Waals surface area contributed by atoms with Crippen molar-refractivity contribution >= 4 is 29.9 Å². The van der Waals surface area contributed by atoms with Gasteiger partial charge in [0, 0.05) is 20.1 Å². The molecule has 0 spiro atoms. The van der Waals surface area contributed by atoms with Crippen molar-refractivity contribution in [2.24, 2.45) is 4.99 Å². The molecule has 176 valence electrons. The van der Waals surface area contributed by atoms with Crippen LogP contribution in [0.3, 0.4) is 0 Å². The number of nitrogens with zero attached hydrogens (tertiary/aromatic N) is 4. The Balaban J connectivity index is 0.00000324. The molecule has 4 rings (SSSR count). The SMILES string of the molecule is CN=C(NCc1ccc(OC)cc1)NCc1ccccc1-c1ccc(Cn2cncn2)cc1.I. The minimum absolute atomic E-state index is 0. The predicted molar refractivity (Wildman–Crippen MR) is 146 cm³/mol. The van der Waals surface area contributed by atoms with Crippen LogP contribution in [0.5, 0.6) is 5.75 Å². The summed E-state index contributed by atoms with van der Waals surface area (Å²) in [4.78, 5) is 8.36. The van der Waals surface area contributed by atoms with Crippen molar-refractivity contribution in [2.75, 3.05) is 14.2 Å². The van der Waals surface area contributed by atoms with Crippen molar-refractivity contribution < 1.29 is 4.74 Å². The molecule has 0 fully saturated rings. The second-order valence-corrected chi connectivity index (χ2v) is 7.57. The number of nitrogens with one attached hydrogen (secondary N) is 2. The van der Waals surface area contributed by atoms with E-state index in [0.717, 1.165) is 17.3 Å². The van der Waals surface area contributed by atoms with Gasteiger partial charge in [0.15, 0.2) is 5.96 Å². The highest BCUT2D eigenvalue weighted by molar-refractivity contribution is 14.0. The zero-order valence-electron chi connectivity index (χ0n) is 19.3. The fourth-order valence-corrected chi connectivity index (χ4v) is 3.58. The van der Waals surface area contributed by atoms with Gasteiger partial charge in [-0.3, -0.25) is 4.99 Å². The topological polar surface area (TPSA) is 76.4 Å². The van der Waals surface area contributed by atoms with E-state index < -0.39 is 0 Å². The van der Waals surface area contributed by atoms with Crippen molar-refractivity contribution in [3.8, 4) is 16.9 Å². The first-order valence-corrected chi connectivity index (χ1v) is 10.8. The van der Waals surface area contributed by atoms with E-state index in [1.54, 1.807) is 26.8 Å². The van der Waals surface area contributed by atoms with Crippen LogP contribution >= 0.6 is 24.0 Å². The number of guanidine groups is 1. The Morgan fingerprint density at radius 1 is 0.912 bits per heavy atom. The van der Waals surface area contributed by atoms with Gasteiger partial charge in [0.2, 0.25) is 0 Å². The number of aliphatic imine (C=N–C) groups is 1. The number of ether oxygens (including phenoxy) is 1. The van der Waals surface area contributed by atoms with Crippen LogP contribution in [0.1, 0.15) is 16.7 Å². The van der Waals surface area contributed by atoms with Crippen molar-refractivity contribution in [1.82, 2.24) is 25.4 Å². The molecule has 0 aliphatic rings. The number of hydrogen-bond donors (Lipinski definition) is 2. The first kappa shape index (κ1) is 25.2. The van der Waals surface area contributed by atoms with Gasteiger partial charge in [-0.05, 0) is 39.9 Å². The minimum atomic E-state index is 0. The van der Waals surface area contributed by atoms with Gasteiger partial charge in [0.05, 0.1) is 13.7 Å². The summed E-state index contributed by atoms with van der Waals surface area (Å²) in [6.45, 7) is 2.05. The van der Waals surface area contributed by atoms with Crippen LogP contribution in [-0.4, -0.2) is 34.9 Å². The Bertz CT molecular complexity index is 1170. The quantitative estimate of drug-likeness (QED) is 0.186. The third kappa shape index (κ3) is 6.80. The van der Waals surface area contributed by atoms with Crippen LogP contribution in [0, 0.1) is 0 Å². The summed E-state index contributed by atoms with van der Waals surface area (Å²) in [6.07, 6.45) is 3.28. The van der Waals surface area contributed by atoms with Crippen LogP contribution in [0.25, 0.3) is 11.1 Å². The number of benzene rings is 3. The van der Waals surface area contributed by atoms with Gasteiger partial charge in [-0.25, -0.2) is 9.67 Å². The molecule has 7 nitrogen and oxygen atoms in total. The van der Waals surface area contributed by atoms with Gasteiger partial charge in [-0.1, -0.05) is 60.7 Å². The van der Waals surface area contributed by atoms with Gasteiger partial charge in [-0.15, -0.1) is 24.0 Å². The van der Waals surface area contributed by atoms with Gasteiger partial charge in [0.25, 0.3) is 0 Å². The molecule has 3 aromatic carbocycles. The van der Waals surface area contributed by atoms with Crippen LogP contribution in [0.2, 0.25) is 0 Å². The highest BCUT2D eigenvalue weighted by Gasteiger charge is 2.07. The number of rotatable bonds is 8. The number of halogens is 1. The summed E-state index contributed by atoms with van der Waals surface area (Å²) in [5, 5.41) is 11.0. The zero-order chi connectivity index (χ0) is 22.9. The molecular weight excluding hydrogens is 539 g/mol. The monoisotopic (exact) mass is 568 g/mol. The number of methoxy groups -OCH3 is 1. The Labute approximate surface area is 217 Å². The largest absolute Gasteiger partial charge is 0.497 e. The van der Waals surface area contributed by atoms with Crippen molar-refractivity contribution in [2.45, 2.75) is 19.6 Å². The molecule has 0 aliphatic heterocycles. The molecule has 0 bridgehead atoms. The van der Waals surface area contributed by atoms with E-state index in [2.05, 4.69) is 74.2 Å². The predicted octanol–water partition coefficient (Wildman–Crippen LogP) is 4.49. The smallest absolute Gasteiger partial charge is 0.191 e. The van der Waals surface area contributed by atoms with Crippen molar-refractivity contribution in [3.05, 3.63) is 102 Å². The van der Waals surface area contributed by atoms with Gasteiger partial charge in [0.1, 0.15) is 18.4 Å². The summed E-state index contributed by atoms with van der Waals surface area (Å²) >= 11 is 0. The lowest BCUT2D eigenvalue weighted by Gasteiger charge is -2.15. The maximum Gasteiger partial charge on any atom is 0.191 e. The van der Waals surface area contributed by atoms with Crippen molar-refractivity contribution in [3.63, 3.8) is 0 Å². The Hall–Kier alpha value is -3.40. The molecule has 0 saturated heterocycles. The molecule has 0 saturated carbocycles. The molecule has 1 heterocycles. The summed E-state index contributed by atoms with van der Waals surface area (Å²) < 4.78 is 7.03. The van der Waals surface area contributed by atoms with Gasteiger partial charge in [-0.2, -0.15) is 5.10 Å². The van der Waals surface area contributed by atoms with E-state index in [-0.39, 0.29) is 24.0 Å². The normalized spacial score (nSPS) is 10.9. The van der Waals surface area contributed by atoms with E-state index in [9.17, 15) is 0 Å². The third-order valence-corrected chi connectivity index (χ3v) is 5.38. The second kappa shape index (κ2) is 12.7. The van der Waals surface area contributed by atoms with Crippen LogP contribution in [-0.2, 0) is 19.6 Å². The average molecular weight is 568 g/mol. The molecule has 4 aromatic rings. The lowest BCUT2D eigenvalue weighted by molar-refractivity contribution is 0.414. The van der Waals surface area contributed by atoms with E-state index >= 15 is 0 Å². The highest BCUT2D eigenvalue weighted by Crippen LogP contribution is 2.24. The molecule has 34 heavy (non-hydrogen) atoms. The fourth-order valence-electron chi connectivity index (χ4n) is 3.58. The van der Waals surface area contributed by atoms with E-state index in [0.29, 0.717) is 19.6 Å². The lowest BCUT2D eigenvalue weighted by Crippen LogP contribution is -2.36. The van der Waals surface area contributed by atoms with E-state index in [1.165, 1.54) is 22.3 Å². The Morgan fingerprint density at radius 3 is 2.29 bits per heavy atom. The number of aromatic nitrogens is 3. The Morgan fingerprint density at radius 2 is 1.62 bits per heavy atom. The summed E-state index contributed by atoms with van der Waals surface area (Å²) in [6, 6.07) is 25.0. The van der Waals surface area contributed by atoms with Crippen molar-refractivity contribution in [1.29, 1.82) is 0 Å². The molecule has 0 aliphatic carbocycles. The molecule has 0 radical (unpaired) electrons. The third-order valence-electron chi connectivity index (χ3n) is 5.38. The van der Waals surface area contributed by atoms with Gasteiger partial charge >= 0.3 is 0 Å². The first-order valence-electron chi connectivity index (χ1n) is 10.8. The minimum Gasteiger partial charge on any atom is -0.497 e. The fraction of sp³-hybridized carbons (Fsp3) is 0.192. The first-order chi connectivity index (χ1) is 16.2. The maximum atomic E-state index is 5.22. The summed E-state index contributed by atoms with van der Waals surface area (Å²) in [5.41, 5.74) is 5.92. The molecule has 0 unspecified atom stereocenters. The van der Waals surface area contributed by atoms with E-state index in [1.807, 2.05) is 28.9 Å². The molecule has 2 N–H and O–H groups in total. The Kier molecular flexibility index (Phi) is 9.45. The lowest BCUT2D eigenvalue weighted by atomic mass is 9.98. The molecule has 8 heteroatoms. The summed E-state index contributed by atoms with van der Waals surface area (Å²) in [7, 11) is 3.45. The highest BCUT2D eigenvalue weighted by atomic mass is 127. The van der Waals surface area contributed by atoms with Crippen LogP contribution in [0.15, 0.2) is 90.4 Å². The standard InChI is InChI=1S/C26H28N6O.HI/c1-27-26(29-15-20-9-13-24(33-2)14-10-20)30-16-23-5-3-4-6-25(23)22-11-7-21(8-12-22)17-32-19-28-18-31-32;/h3-14,18-19H,15-17H2,1-2H3,(H2,27,29,30);1H. The second-order valence-electron chi connectivity index (χ2n) is 7.57. The summed E-state index contributed by atoms with van der Waals surface area (Å²) in [5.74, 6) is 1.60. The maximum absolute atomic E-state index is 5.22. The van der Waals surface area contributed by atoms with E-state index in [4.69, 9.17) is 4.74 Å². The zero-order valence-corrected chi connectivity index (χ0v) is 21.6.